The SMILES string of the molecule is NC(=NCc1cccc(NC(=O)C2CCCCC2)c1)Nc1cc(F)ccc1F. The van der Waals surface area contributed by atoms with Crippen LogP contribution in [0.1, 0.15) is 37.7 Å². The van der Waals surface area contributed by atoms with Crippen molar-refractivity contribution in [3.05, 3.63) is 59.7 Å². The van der Waals surface area contributed by atoms with Crippen LogP contribution in [0.2, 0.25) is 0 Å². The van der Waals surface area contributed by atoms with E-state index in [9.17, 15) is 13.6 Å². The zero-order valence-corrected chi connectivity index (χ0v) is 15.6. The maximum atomic E-state index is 13.6. The molecule has 0 atom stereocenters. The number of nitrogens with two attached hydrogens (primary N) is 1. The Labute approximate surface area is 163 Å². The van der Waals surface area contributed by atoms with Gasteiger partial charge in [-0.05, 0) is 42.7 Å². The summed E-state index contributed by atoms with van der Waals surface area (Å²) >= 11 is 0. The Kier molecular flexibility index (Phi) is 6.57. The fraction of sp³-hybridized carbons (Fsp3) is 0.333. The summed E-state index contributed by atoms with van der Waals surface area (Å²) in [6, 6.07) is 10.4. The third-order valence-electron chi connectivity index (χ3n) is 4.79. The lowest BCUT2D eigenvalue weighted by Gasteiger charge is -2.20. The van der Waals surface area contributed by atoms with Gasteiger partial charge in [0.15, 0.2) is 5.96 Å². The Bertz CT molecular complexity index is 863. The molecular weight excluding hydrogens is 362 g/mol. The van der Waals surface area contributed by atoms with E-state index in [1.165, 1.54) is 6.42 Å². The standard InChI is InChI=1S/C21H24F2N4O/c22-16-9-10-18(23)19(12-16)27-21(24)25-13-14-5-4-8-17(11-14)26-20(28)15-6-2-1-3-7-15/h4-5,8-12,15H,1-3,6-7,13H2,(H,26,28)(H3,24,25,27). The highest BCUT2D eigenvalue weighted by Gasteiger charge is 2.21. The number of anilines is 2. The molecule has 1 saturated carbocycles. The lowest BCUT2D eigenvalue weighted by molar-refractivity contribution is -0.120. The van der Waals surface area contributed by atoms with E-state index in [0.717, 1.165) is 49.4 Å². The molecule has 5 nitrogen and oxygen atoms in total. The molecule has 1 fully saturated rings. The number of nitrogens with zero attached hydrogens (tertiary/aromatic N) is 1. The van der Waals surface area contributed by atoms with Gasteiger partial charge in [-0.1, -0.05) is 31.4 Å². The van der Waals surface area contributed by atoms with Gasteiger partial charge in [-0.3, -0.25) is 4.79 Å². The summed E-state index contributed by atoms with van der Waals surface area (Å²) in [7, 11) is 0. The van der Waals surface area contributed by atoms with Crippen molar-refractivity contribution >= 4 is 23.2 Å². The Balaban J connectivity index is 1.59. The van der Waals surface area contributed by atoms with Crippen molar-refractivity contribution in [2.75, 3.05) is 10.6 Å². The smallest absolute Gasteiger partial charge is 0.227 e. The molecule has 0 spiro atoms. The summed E-state index contributed by atoms with van der Waals surface area (Å²) < 4.78 is 26.9. The first-order valence-corrected chi connectivity index (χ1v) is 9.43. The molecule has 148 valence electrons. The number of nitrogens with one attached hydrogen (secondary N) is 2. The lowest BCUT2D eigenvalue weighted by atomic mass is 9.88. The number of guanidine groups is 1. The molecule has 1 amide bonds. The summed E-state index contributed by atoms with van der Waals surface area (Å²) in [5.41, 5.74) is 7.25. The van der Waals surface area contributed by atoms with Crippen LogP contribution in [0, 0.1) is 17.6 Å². The quantitative estimate of drug-likeness (QED) is 0.526. The van der Waals surface area contributed by atoms with Crippen LogP contribution in [0.25, 0.3) is 0 Å². The highest BCUT2D eigenvalue weighted by atomic mass is 19.1. The molecule has 0 bridgehead atoms. The molecule has 0 aromatic heterocycles. The first-order valence-electron chi connectivity index (χ1n) is 9.43. The van der Waals surface area contributed by atoms with Gasteiger partial charge < -0.3 is 16.4 Å². The molecule has 2 aromatic carbocycles. The molecular formula is C21H24F2N4O. The number of halogens is 2. The van der Waals surface area contributed by atoms with Crippen LogP contribution in [0.4, 0.5) is 20.2 Å². The number of carbonyl (C=O) groups is 1. The minimum absolute atomic E-state index is 0.0267. The number of carbonyl (C=O) groups excluding carboxylic acids is 1. The van der Waals surface area contributed by atoms with Crippen molar-refractivity contribution in [3.8, 4) is 0 Å². The predicted molar refractivity (Wildman–Crippen MR) is 107 cm³/mol. The van der Waals surface area contributed by atoms with Gasteiger partial charge in [0.25, 0.3) is 0 Å². The molecule has 4 N–H and O–H groups in total. The van der Waals surface area contributed by atoms with E-state index in [4.69, 9.17) is 5.73 Å². The number of benzene rings is 2. The minimum Gasteiger partial charge on any atom is -0.370 e. The molecule has 1 aliphatic carbocycles. The van der Waals surface area contributed by atoms with Gasteiger partial charge in [-0.15, -0.1) is 0 Å². The maximum Gasteiger partial charge on any atom is 0.227 e. The summed E-state index contributed by atoms with van der Waals surface area (Å²) in [6.07, 6.45) is 5.28. The fourth-order valence-electron chi connectivity index (χ4n) is 3.30. The normalized spacial score (nSPS) is 15.3. The van der Waals surface area contributed by atoms with E-state index < -0.39 is 11.6 Å². The van der Waals surface area contributed by atoms with Crippen molar-refractivity contribution in [1.29, 1.82) is 0 Å². The Hall–Kier alpha value is -2.96. The van der Waals surface area contributed by atoms with Crippen LogP contribution in [-0.2, 0) is 11.3 Å². The highest BCUT2D eigenvalue weighted by Crippen LogP contribution is 2.25. The summed E-state index contributed by atoms with van der Waals surface area (Å²) in [5.74, 6) is -1.08. The van der Waals surface area contributed by atoms with E-state index in [1.54, 1.807) is 0 Å². The van der Waals surface area contributed by atoms with Gasteiger partial charge in [0.05, 0.1) is 12.2 Å². The second-order valence-electron chi connectivity index (χ2n) is 6.98. The summed E-state index contributed by atoms with van der Waals surface area (Å²) in [5, 5.41) is 5.52. The molecule has 7 heteroatoms. The zero-order chi connectivity index (χ0) is 19.9. The molecule has 0 heterocycles. The average Bonchev–Trinajstić information content (AvgIpc) is 2.70. The van der Waals surface area contributed by atoms with E-state index in [-0.39, 0.29) is 30.0 Å². The molecule has 0 saturated heterocycles. The van der Waals surface area contributed by atoms with Gasteiger partial charge in [-0.2, -0.15) is 0 Å². The Morgan fingerprint density at radius 2 is 1.86 bits per heavy atom. The maximum absolute atomic E-state index is 13.6. The van der Waals surface area contributed by atoms with E-state index in [2.05, 4.69) is 15.6 Å². The number of hydrogen-bond donors (Lipinski definition) is 3. The average molecular weight is 386 g/mol. The van der Waals surface area contributed by atoms with Crippen LogP contribution < -0.4 is 16.4 Å². The number of amides is 1. The largest absolute Gasteiger partial charge is 0.370 e. The molecule has 0 unspecified atom stereocenters. The summed E-state index contributed by atoms with van der Waals surface area (Å²) in [6.45, 7) is 0.239. The van der Waals surface area contributed by atoms with Crippen molar-refractivity contribution in [2.24, 2.45) is 16.6 Å². The van der Waals surface area contributed by atoms with Crippen LogP contribution in [0.15, 0.2) is 47.5 Å². The highest BCUT2D eigenvalue weighted by molar-refractivity contribution is 5.93. The first-order chi connectivity index (χ1) is 13.5. The minimum atomic E-state index is -0.619. The lowest BCUT2D eigenvalue weighted by Crippen LogP contribution is -2.24. The zero-order valence-electron chi connectivity index (χ0n) is 15.6. The van der Waals surface area contributed by atoms with Crippen LogP contribution in [0.5, 0.6) is 0 Å². The third-order valence-corrected chi connectivity index (χ3v) is 4.79. The number of hydrogen-bond acceptors (Lipinski definition) is 2. The first kappa shape index (κ1) is 19.8. The number of aliphatic imine (C=N–C) groups is 1. The van der Waals surface area contributed by atoms with Crippen LogP contribution in [0.3, 0.4) is 0 Å². The van der Waals surface area contributed by atoms with Gasteiger partial charge in [0.2, 0.25) is 5.91 Å². The van der Waals surface area contributed by atoms with Crippen LogP contribution >= 0.6 is 0 Å². The molecule has 0 radical (unpaired) electrons. The Morgan fingerprint density at radius 1 is 1.07 bits per heavy atom. The van der Waals surface area contributed by atoms with Gasteiger partial charge >= 0.3 is 0 Å². The molecule has 28 heavy (non-hydrogen) atoms. The van der Waals surface area contributed by atoms with Crippen molar-refractivity contribution in [1.82, 2.24) is 0 Å². The summed E-state index contributed by atoms with van der Waals surface area (Å²) in [4.78, 5) is 16.5. The van der Waals surface area contributed by atoms with Crippen molar-refractivity contribution in [3.63, 3.8) is 0 Å². The molecule has 3 rings (SSSR count). The second kappa shape index (κ2) is 9.30. The topological polar surface area (TPSA) is 79.5 Å². The van der Waals surface area contributed by atoms with Crippen LogP contribution in [-0.4, -0.2) is 11.9 Å². The van der Waals surface area contributed by atoms with E-state index >= 15 is 0 Å². The molecule has 0 aliphatic heterocycles. The van der Waals surface area contributed by atoms with Crippen molar-refractivity contribution in [2.45, 2.75) is 38.6 Å². The number of rotatable bonds is 5. The molecule has 1 aliphatic rings. The Morgan fingerprint density at radius 3 is 2.64 bits per heavy atom. The van der Waals surface area contributed by atoms with E-state index in [0.29, 0.717) is 5.69 Å². The fourth-order valence-corrected chi connectivity index (χ4v) is 3.30. The van der Waals surface area contributed by atoms with Gasteiger partial charge in [0, 0.05) is 17.7 Å². The predicted octanol–water partition coefficient (Wildman–Crippen LogP) is 4.41. The monoisotopic (exact) mass is 386 g/mol. The van der Waals surface area contributed by atoms with Crippen molar-refractivity contribution < 1.29 is 13.6 Å². The molecule has 2 aromatic rings. The van der Waals surface area contributed by atoms with Gasteiger partial charge in [0.1, 0.15) is 11.6 Å². The second-order valence-corrected chi connectivity index (χ2v) is 6.98. The van der Waals surface area contributed by atoms with Gasteiger partial charge in [-0.25, -0.2) is 13.8 Å². The third kappa shape index (κ3) is 5.52. The van der Waals surface area contributed by atoms with E-state index in [1.807, 2.05) is 24.3 Å².